The Labute approximate surface area is 188 Å². The Morgan fingerprint density at radius 3 is 2.73 bits per heavy atom. The summed E-state index contributed by atoms with van der Waals surface area (Å²) in [5.41, 5.74) is 2.82. The number of aryl methyl sites for hydroxylation is 1. The summed E-state index contributed by atoms with van der Waals surface area (Å²) >= 11 is 0. The number of hydrogen-bond donors (Lipinski definition) is 2. The van der Waals surface area contributed by atoms with Crippen LogP contribution in [0.15, 0.2) is 53.1 Å². The van der Waals surface area contributed by atoms with E-state index < -0.39 is 29.7 Å². The molecule has 1 fully saturated rings. The van der Waals surface area contributed by atoms with E-state index in [2.05, 4.69) is 15.6 Å². The van der Waals surface area contributed by atoms with Crippen LogP contribution in [-0.4, -0.2) is 39.6 Å². The summed E-state index contributed by atoms with van der Waals surface area (Å²) in [6, 6.07) is 11.7. The Bertz CT molecular complexity index is 1310. The van der Waals surface area contributed by atoms with Crippen LogP contribution in [-0.2, 0) is 16.1 Å². The van der Waals surface area contributed by atoms with Crippen molar-refractivity contribution < 1.29 is 23.6 Å². The molecular weight excluding hydrogens is 424 g/mol. The van der Waals surface area contributed by atoms with E-state index >= 15 is 0 Å². The highest BCUT2D eigenvalue weighted by Crippen LogP contribution is 2.32. The largest absolute Gasteiger partial charge is 0.439 e. The standard InChI is InChI=1S/C24H20N4O5/c1-13-4-2-5-14(10-13)22-26-12-15(33-22)11-25-17-7-3-6-16-20(17)24(32)28(23(16)31)18-8-9-19(29)27-21(18)30/h2-7,10,12,18,25H,8-9,11H2,1H3,(H,27,29,30). The third kappa shape index (κ3) is 3.67. The molecule has 0 spiro atoms. The van der Waals surface area contributed by atoms with Gasteiger partial charge in [0, 0.05) is 17.7 Å². The fourth-order valence-electron chi connectivity index (χ4n) is 4.15. The van der Waals surface area contributed by atoms with Crippen LogP contribution in [0.5, 0.6) is 0 Å². The van der Waals surface area contributed by atoms with Crippen LogP contribution in [0.25, 0.3) is 11.5 Å². The third-order valence-corrected chi connectivity index (χ3v) is 5.74. The monoisotopic (exact) mass is 444 g/mol. The fraction of sp³-hybridized carbons (Fsp3) is 0.208. The molecule has 2 aromatic carbocycles. The third-order valence-electron chi connectivity index (χ3n) is 5.74. The molecule has 5 rings (SSSR count). The first-order chi connectivity index (χ1) is 15.9. The van der Waals surface area contributed by atoms with Crippen LogP contribution in [0.3, 0.4) is 0 Å². The van der Waals surface area contributed by atoms with Gasteiger partial charge in [-0.2, -0.15) is 0 Å². The first-order valence-electron chi connectivity index (χ1n) is 10.5. The van der Waals surface area contributed by atoms with Crippen molar-refractivity contribution in [3.8, 4) is 11.5 Å². The predicted molar refractivity (Wildman–Crippen MR) is 117 cm³/mol. The molecule has 166 valence electrons. The van der Waals surface area contributed by atoms with Crippen LogP contribution in [0.2, 0.25) is 0 Å². The molecule has 0 radical (unpaired) electrons. The minimum atomic E-state index is -1.01. The first kappa shape index (κ1) is 20.6. The number of oxazole rings is 1. The SMILES string of the molecule is Cc1cccc(-c2ncc(CNc3cccc4c3C(=O)N(C3CCC(=O)NC3=O)C4=O)o2)c1. The van der Waals surface area contributed by atoms with Gasteiger partial charge in [-0.3, -0.25) is 29.4 Å². The summed E-state index contributed by atoms with van der Waals surface area (Å²) in [6.07, 6.45) is 1.79. The Hall–Kier alpha value is -4.27. The van der Waals surface area contributed by atoms with Gasteiger partial charge in [-0.05, 0) is 37.6 Å². The van der Waals surface area contributed by atoms with E-state index in [4.69, 9.17) is 4.42 Å². The van der Waals surface area contributed by atoms with Crippen molar-refractivity contribution in [2.24, 2.45) is 0 Å². The van der Waals surface area contributed by atoms with Crippen molar-refractivity contribution in [1.29, 1.82) is 0 Å². The van der Waals surface area contributed by atoms with E-state index in [1.165, 1.54) is 0 Å². The second-order valence-electron chi connectivity index (χ2n) is 8.03. The summed E-state index contributed by atoms with van der Waals surface area (Å²) < 4.78 is 5.83. The lowest BCUT2D eigenvalue weighted by molar-refractivity contribution is -0.136. The molecule has 2 aliphatic heterocycles. The molecule has 1 unspecified atom stereocenters. The topological polar surface area (TPSA) is 122 Å². The van der Waals surface area contributed by atoms with Crippen LogP contribution < -0.4 is 10.6 Å². The van der Waals surface area contributed by atoms with Gasteiger partial charge in [0.05, 0.1) is 23.9 Å². The molecule has 2 aliphatic rings. The average Bonchev–Trinajstić information content (AvgIpc) is 3.37. The van der Waals surface area contributed by atoms with Crippen molar-refractivity contribution >= 4 is 29.3 Å². The molecule has 33 heavy (non-hydrogen) atoms. The smallest absolute Gasteiger partial charge is 0.264 e. The number of piperidine rings is 1. The van der Waals surface area contributed by atoms with Crippen LogP contribution in [0.4, 0.5) is 5.69 Å². The van der Waals surface area contributed by atoms with Crippen LogP contribution >= 0.6 is 0 Å². The maximum Gasteiger partial charge on any atom is 0.264 e. The predicted octanol–water partition coefficient (Wildman–Crippen LogP) is 2.66. The number of carbonyl (C=O) groups is 4. The van der Waals surface area contributed by atoms with E-state index in [1.54, 1.807) is 24.4 Å². The second kappa shape index (κ2) is 8.01. The summed E-state index contributed by atoms with van der Waals surface area (Å²) in [4.78, 5) is 55.1. The minimum Gasteiger partial charge on any atom is -0.439 e. The molecule has 1 aromatic heterocycles. The Kier molecular flexibility index (Phi) is 5.01. The number of fused-ring (bicyclic) bond motifs is 1. The zero-order valence-electron chi connectivity index (χ0n) is 17.8. The lowest BCUT2D eigenvalue weighted by atomic mass is 10.0. The molecule has 9 heteroatoms. The van der Waals surface area contributed by atoms with Gasteiger partial charge in [-0.1, -0.05) is 23.8 Å². The first-order valence-corrected chi connectivity index (χ1v) is 10.5. The Morgan fingerprint density at radius 2 is 1.94 bits per heavy atom. The zero-order valence-corrected chi connectivity index (χ0v) is 17.8. The van der Waals surface area contributed by atoms with E-state index in [1.807, 2.05) is 31.2 Å². The highest BCUT2D eigenvalue weighted by Gasteiger charge is 2.45. The van der Waals surface area contributed by atoms with Crippen molar-refractivity contribution in [3.05, 3.63) is 71.1 Å². The quantitative estimate of drug-likeness (QED) is 0.580. The highest BCUT2D eigenvalue weighted by atomic mass is 16.4. The molecule has 1 saturated heterocycles. The van der Waals surface area contributed by atoms with E-state index in [9.17, 15) is 19.2 Å². The van der Waals surface area contributed by atoms with Crippen LogP contribution in [0, 0.1) is 6.92 Å². The van der Waals surface area contributed by atoms with Gasteiger partial charge in [0.15, 0.2) is 0 Å². The van der Waals surface area contributed by atoms with Gasteiger partial charge in [-0.15, -0.1) is 0 Å². The number of imide groups is 2. The van der Waals surface area contributed by atoms with Gasteiger partial charge in [-0.25, -0.2) is 4.98 Å². The van der Waals surface area contributed by atoms with Crippen LogP contribution in [0.1, 0.15) is 44.9 Å². The lowest BCUT2D eigenvalue weighted by Gasteiger charge is -2.27. The molecule has 4 amide bonds. The molecule has 3 heterocycles. The van der Waals surface area contributed by atoms with Gasteiger partial charge < -0.3 is 9.73 Å². The maximum absolute atomic E-state index is 13.2. The molecule has 0 aliphatic carbocycles. The number of rotatable bonds is 5. The summed E-state index contributed by atoms with van der Waals surface area (Å²) in [5, 5.41) is 5.34. The highest BCUT2D eigenvalue weighted by molar-refractivity contribution is 6.25. The van der Waals surface area contributed by atoms with Crippen molar-refractivity contribution in [1.82, 2.24) is 15.2 Å². The van der Waals surface area contributed by atoms with Gasteiger partial charge in [0.1, 0.15) is 11.8 Å². The number of carbonyl (C=O) groups excluding carboxylic acids is 4. The summed E-state index contributed by atoms with van der Waals surface area (Å²) in [7, 11) is 0. The molecule has 0 bridgehead atoms. The van der Waals surface area contributed by atoms with Gasteiger partial charge in [0.25, 0.3) is 11.8 Å². The Balaban J connectivity index is 1.36. The summed E-state index contributed by atoms with van der Waals surface area (Å²) in [5.74, 6) is -1.11. The minimum absolute atomic E-state index is 0.0731. The number of benzene rings is 2. The number of hydrogen-bond acceptors (Lipinski definition) is 7. The zero-order chi connectivity index (χ0) is 23.1. The van der Waals surface area contributed by atoms with Crippen molar-refractivity contribution in [2.75, 3.05) is 5.32 Å². The van der Waals surface area contributed by atoms with E-state index in [0.717, 1.165) is 16.0 Å². The molecule has 1 atom stereocenters. The number of aromatic nitrogens is 1. The number of amides is 4. The number of anilines is 1. The summed E-state index contributed by atoms with van der Waals surface area (Å²) in [6.45, 7) is 2.23. The number of nitrogens with zero attached hydrogens (tertiary/aromatic N) is 2. The molecular formula is C24H20N4O5. The lowest BCUT2D eigenvalue weighted by Crippen LogP contribution is -2.54. The van der Waals surface area contributed by atoms with E-state index in [0.29, 0.717) is 17.3 Å². The second-order valence-corrected chi connectivity index (χ2v) is 8.03. The van der Waals surface area contributed by atoms with E-state index in [-0.39, 0.29) is 30.5 Å². The van der Waals surface area contributed by atoms with Gasteiger partial charge >= 0.3 is 0 Å². The molecule has 2 N–H and O–H groups in total. The number of nitrogens with one attached hydrogen (secondary N) is 2. The Morgan fingerprint density at radius 1 is 1.12 bits per heavy atom. The van der Waals surface area contributed by atoms with Gasteiger partial charge in [0.2, 0.25) is 17.7 Å². The normalized spacial score (nSPS) is 17.8. The van der Waals surface area contributed by atoms with Crippen molar-refractivity contribution in [2.45, 2.75) is 32.4 Å². The fourth-order valence-corrected chi connectivity index (χ4v) is 4.15. The molecule has 9 nitrogen and oxygen atoms in total. The molecule has 3 aromatic rings. The van der Waals surface area contributed by atoms with Crippen molar-refractivity contribution in [3.63, 3.8) is 0 Å². The molecule has 0 saturated carbocycles. The maximum atomic E-state index is 13.2. The average molecular weight is 444 g/mol.